The lowest BCUT2D eigenvalue weighted by Gasteiger charge is -2.11. The largest absolute Gasteiger partial charge is 0.319 e. The van der Waals surface area contributed by atoms with Crippen LogP contribution < -0.4 is 10.6 Å². The highest BCUT2D eigenvalue weighted by Crippen LogP contribution is 2.30. The van der Waals surface area contributed by atoms with E-state index in [1.807, 2.05) is 0 Å². The fourth-order valence-electron chi connectivity index (χ4n) is 2.07. The molecule has 0 saturated carbocycles. The van der Waals surface area contributed by atoms with Crippen LogP contribution in [0.3, 0.4) is 0 Å². The van der Waals surface area contributed by atoms with Crippen LogP contribution in [0.15, 0.2) is 6.33 Å². The van der Waals surface area contributed by atoms with Gasteiger partial charge >= 0.3 is 0 Å². The Hall–Kier alpha value is -3.65. The molecule has 0 atom stereocenters. The van der Waals surface area contributed by atoms with Gasteiger partial charge in [-0.25, -0.2) is 53.9 Å². The summed E-state index contributed by atoms with van der Waals surface area (Å²) in [7, 11) is 0. The van der Waals surface area contributed by atoms with E-state index in [1.54, 1.807) is 10.6 Å². The second-order valence-electron chi connectivity index (χ2n) is 5.27. The monoisotopic (exact) mass is 443 g/mol. The van der Waals surface area contributed by atoms with Gasteiger partial charge in [-0.05, 0) is 0 Å². The number of nitrogens with one attached hydrogen (secondary N) is 2. The average Bonchev–Trinajstić information content (AvgIpc) is 2.74. The Balaban J connectivity index is 1.99. The molecule has 0 spiro atoms. The molecule has 1 aromatic heterocycles. The van der Waals surface area contributed by atoms with Gasteiger partial charge in [0, 0.05) is 0 Å². The van der Waals surface area contributed by atoms with Crippen molar-refractivity contribution in [1.29, 1.82) is 0 Å². The molecule has 30 heavy (non-hydrogen) atoms. The van der Waals surface area contributed by atoms with Crippen LogP contribution in [0.1, 0.15) is 0 Å². The third-order valence-corrected chi connectivity index (χ3v) is 3.47. The fraction of sp³-hybridized carbons (Fsp3) is 0. The van der Waals surface area contributed by atoms with Crippen LogP contribution in [-0.4, -0.2) is 15.0 Å². The van der Waals surface area contributed by atoms with Gasteiger partial charge in [0.05, 0.1) is 0 Å². The molecule has 0 aliphatic heterocycles. The first kappa shape index (κ1) is 21.1. The number of halogens is 10. The molecule has 158 valence electrons. The van der Waals surface area contributed by atoms with Crippen LogP contribution in [0.4, 0.5) is 67.2 Å². The third kappa shape index (κ3) is 3.42. The first-order valence-electron chi connectivity index (χ1n) is 7.30. The lowest BCUT2D eigenvalue weighted by Crippen LogP contribution is -2.11. The Bertz CT molecular complexity index is 1020. The number of nitrogens with zero attached hydrogens (tertiary/aromatic N) is 3. The summed E-state index contributed by atoms with van der Waals surface area (Å²) < 4.78 is 134. The molecule has 3 rings (SSSR count). The zero-order valence-corrected chi connectivity index (χ0v) is 13.7. The van der Waals surface area contributed by atoms with Gasteiger partial charge < -0.3 is 10.6 Å². The Morgan fingerprint density at radius 2 is 0.700 bits per heavy atom. The summed E-state index contributed by atoms with van der Waals surface area (Å²) in [5.74, 6) is -24.9. The van der Waals surface area contributed by atoms with Crippen molar-refractivity contribution in [2.24, 2.45) is 0 Å². The lowest BCUT2D eigenvalue weighted by atomic mass is 10.2. The molecule has 2 aromatic carbocycles. The highest BCUT2D eigenvalue weighted by Gasteiger charge is 2.28. The zero-order valence-electron chi connectivity index (χ0n) is 13.7. The van der Waals surface area contributed by atoms with Gasteiger partial charge in [0.1, 0.15) is 17.7 Å². The summed E-state index contributed by atoms with van der Waals surface area (Å²) in [6.07, 6.45) is 0.537. The number of hydrogen-bond donors (Lipinski definition) is 2. The van der Waals surface area contributed by atoms with E-state index in [4.69, 9.17) is 0 Å². The quantitative estimate of drug-likeness (QED) is 0.346. The average molecular weight is 443 g/mol. The van der Waals surface area contributed by atoms with Crippen LogP contribution in [0, 0.1) is 58.2 Å². The molecule has 0 radical (unpaired) electrons. The van der Waals surface area contributed by atoms with Gasteiger partial charge in [0.2, 0.25) is 23.5 Å². The molecule has 0 fully saturated rings. The second-order valence-corrected chi connectivity index (χ2v) is 5.27. The zero-order chi connectivity index (χ0) is 22.3. The SMILES string of the molecule is Fc1c(F)c(F)c(Nc2ncnc(Nc3c(F)c(F)c(F)c(F)c3F)n2)c(F)c1F. The maximum absolute atomic E-state index is 13.7. The van der Waals surface area contributed by atoms with Crippen molar-refractivity contribution in [3.8, 4) is 0 Å². The number of anilines is 4. The van der Waals surface area contributed by atoms with Crippen molar-refractivity contribution in [3.05, 3.63) is 64.5 Å². The van der Waals surface area contributed by atoms with Crippen LogP contribution in [0.2, 0.25) is 0 Å². The smallest absolute Gasteiger partial charge is 0.232 e. The third-order valence-electron chi connectivity index (χ3n) is 3.47. The van der Waals surface area contributed by atoms with Gasteiger partial charge in [-0.1, -0.05) is 0 Å². The Kier molecular flexibility index (Phi) is 5.37. The summed E-state index contributed by atoms with van der Waals surface area (Å²) in [6, 6.07) is 0. The second kappa shape index (κ2) is 7.64. The van der Waals surface area contributed by atoms with E-state index in [0.29, 0.717) is 6.33 Å². The highest BCUT2D eigenvalue weighted by molar-refractivity contribution is 5.59. The first-order chi connectivity index (χ1) is 14.0. The molecule has 0 amide bonds. The van der Waals surface area contributed by atoms with Crippen molar-refractivity contribution in [3.63, 3.8) is 0 Å². The molecule has 3 aromatic rings. The van der Waals surface area contributed by atoms with E-state index in [1.165, 1.54) is 0 Å². The lowest BCUT2D eigenvalue weighted by molar-refractivity contribution is 0.382. The van der Waals surface area contributed by atoms with Crippen molar-refractivity contribution in [2.45, 2.75) is 0 Å². The van der Waals surface area contributed by atoms with Crippen LogP contribution in [-0.2, 0) is 0 Å². The number of hydrogen-bond acceptors (Lipinski definition) is 5. The van der Waals surface area contributed by atoms with Crippen LogP contribution in [0.25, 0.3) is 0 Å². The summed E-state index contributed by atoms with van der Waals surface area (Å²) in [4.78, 5) is 9.89. The van der Waals surface area contributed by atoms with E-state index < -0.39 is 81.4 Å². The van der Waals surface area contributed by atoms with Gasteiger partial charge in [-0.2, -0.15) is 4.98 Å². The Morgan fingerprint density at radius 1 is 0.433 bits per heavy atom. The van der Waals surface area contributed by atoms with E-state index in [2.05, 4.69) is 15.0 Å². The minimum absolute atomic E-state index is 0.537. The predicted molar refractivity (Wildman–Crippen MR) is 78.9 cm³/mol. The topological polar surface area (TPSA) is 62.7 Å². The molecule has 0 saturated heterocycles. The minimum atomic E-state index is -2.43. The van der Waals surface area contributed by atoms with Gasteiger partial charge in [-0.3, -0.25) is 0 Å². The summed E-state index contributed by atoms with van der Waals surface area (Å²) in [5.41, 5.74) is -3.14. The molecule has 0 aliphatic carbocycles. The number of aromatic nitrogens is 3. The molecule has 2 N–H and O–H groups in total. The van der Waals surface area contributed by atoms with Crippen LogP contribution in [0.5, 0.6) is 0 Å². The first-order valence-corrected chi connectivity index (χ1v) is 7.30. The standard InChI is InChI=1S/C15H3F10N5/c16-2-4(18)8(22)12(9(23)5(2)19)28-14-26-1-27-15(30-14)29-13-10(24)6(20)3(17)7(21)11(13)25/h1H,(H2,26,27,28,29,30). The van der Waals surface area contributed by atoms with Crippen molar-refractivity contribution >= 4 is 23.3 Å². The molecule has 5 nitrogen and oxygen atoms in total. The van der Waals surface area contributed by atoms with Crippen molar-refractivity contribution in [1.82, 2.24) is 15.0 Å². The maximum Gasteiger partial charge on any atom is 0.232 e. The minimum Gasteiger partial charge on any atom is -0.319 e. The van der Waals surface area contributed by atoms with Gasteiger partial charge in [0.25, 0.3) is 0 Å². The molecule has 1 heterocycles. The molecule has 15 heteroatoms. The molecule has 0 aliphatic rings. The molecule has 0 bridgehead atoms. The van der Waals surface area contributed by atoms with E-state index in [0.717, 1.165) is 0 Å². The normalized spacial score (nSPS) is 11.0. The Morgan fingerprint density at radius 3 is 1.00 bits per heavy atom. The Labute approximate surface area is 158 Å². The van der Waals surface area contributed by atoms with Gasteiger partial charge in [0.15, 0.2) is 46.5 Å². The van der Waals surface area contributed by atoms with E-state index in [-0.39, 0.29) is 0 Å². The van der Waals surface area contributed by atoms with E-state index >= 15 is 0 Å². The number of rotatable bonds is 4. The van der Waals surface area contributed by atoms with Crippen LogP contribution >= 0.6 is 0 Å². The maximum atomic E-state index is 13.7. The van der Waals surface area contributed by atoms with Crippen molar-refractivity contribution < 1.29 is 43.9 Å². The van der Waals surface area contributed by atoms with Crippen molar-refractivity contribution in [2.75, 3.05) is 10.6 Å². The van der Waals surface area contributed by atoms with Gasteiger partial charge in [-0.15, -0.1) is 0 Å². The highest BCUT2D eigenvalue weighted by atomic mass is 19.2. The van der Waals surface area contributed by atoms with E-state index in [9.17, 15) is 43.9 Å². The summed E-state index contributed by atoms with van der Waals surface area (Å²) in [6.45, 7) is 0. The molecular formula is C15H3F10N5. The fourth-order valence-corrected chi connectivity index (χ4v) is 2.07. The number of benzene rings is 2. The molecule has 0 unspecified atom stereocenters. The summed E-state index contributed by atoms with van der Waals surface area (Å²) >= 11 is 0. The summed E-state index contributed by atoms with van der Waals surface area (Å²) in [5, 5.41) is 3.28. The molecular weight excluding hydrogens is 440 g/mol. The predicted octanol–water partition coefficient (Wildman–Crippen LogP) is 4.75.